The molecule has 78 valence electrons. The molecule has 0 radical (unpaired) electrons. The zero-order valence-electron chi connectivity index (χ0n) is 8.22. The Morgan fingerprint density at radius 1 is 1.53 bits per heavy atom. The summed E-state index contributed by atoms with van der Waals surface area (Å²) in [5.41, 5.74) is 2.40. The first kappa shape index (κ1) is 10.2. The molecule has 0 amide bonds. The lowest BCUT2D eigenvalue weighted by atomic mass is 10.2. The normalized spacial score (nSPS) is 10.5. The minimum Gasteiger partial charge on any atom is -0.618 e. The van der Waals surface area contributed by atoms with Crippen LogP contribution in [0.5, 0.6) is 0 Å². The van der Waals surface area contributed by atoms with Crippen molar-refractivity contribution in [2.24, 2.45) is 7.05 Å². The van der Waals surface area contributed by atoms with E-state index < -0.39 is 0 Å². The van der Waals surface area contributed by atoms with Gasteiger partial charge in [-0.15, -0.1) is 0 Å². The molecule has 0 atom stereocenters. The van der Waals surface area contributed by atoms with Crippen LogP contribution in [0.4, 0.5) is 0 Å². The molecule has 0 aliphatic heterocycles. The van der Waals surface area contributed by atoms with Crippen LogP contribution in [-0.2, 0) is 12.4 Å². The first-order valence-corrected chi connectivity index (χ1v) is 5.60. The summed E-state index contributed by atoms with van der Waals surface area (Å²) in [5.74, 6) is 0. The number of hydrogen-bond donors (Lipinski definition) is 0. The lowest BCUT2D eigenvalue weighted by Gasteiger charge is -2.03. The average molecular weight is 268 g/mol. The van der Waals surface area contributed by atoms with E-state index >= 15 is 0 Å². The molecule has 0 fully saturated rings. The second-order valence-electron chi connectivity index (χ2n) is 3.28. The van der Waals surface area contributed by atoms with Crippen LogP contribution < -0.4 is 4.73 Å². The number of aromatic nitrogens is 3. The van der Waals surface area contributed by atoms with Gasteiger partial charge in [-0.1, -0.05) is 15.9 Å². The van der Waals surface area contributed by atoms with Crippen molar-refractivity contribution in [3.63, 3.8) is 0 Å². The number of hydrogen-bond acceptors (Lipinski definition) is 2. The topological polar surface area (TPSA) is 44.8 Å². The number of pyridine rings is 1. The van der Waals surface area contributed by atoms with Gasteiger partial charge in [0.1, 0.15) is 0 Å². The largest absolute Gasteiger partial charge is 0.618 e. The molecule has 0 N–H and O–H groups in total. The van der Waals surface area contributed by atoms with Gasteiger partial charge in [0.2, 0.25) is 5.69 Å². The van der Waals surface area contributed by atoms with Crippen LogP contribution >= 0.6 is 15.9 Å². The van der Waals surface area contributed by atoms with E-state index in [0.717, 1.165) is 15.9 Å². The van der Waals surface area contributed by atoms with Crippen molar-refractivity contribution in [3.05, 3.63) is 41.5 Å². The highest BCUT2D eigenvalue weighted by Gasteiger charge is 2.10. The third-order valence-electron chi connectivity index (χ3n) is 2.13. The Balaban J connectivity index is 2.45. The Kier molecular flexibility index (Phi) is 2.73. The highest BCUT2D eigenvalue weighted by atomic mass is 79.9. The van der Waals surface area contributed by atoms with Crippen LogP contribution in [0.15, 0.2) is 30.7 Å². The smallest absolute Gasteiger partial charge is 0.226 e. The lowest BCUT2D eigenvalue weighted by molar-refractivity contribution is -0.594. The van der Waals surface area contributed by atoms with Crippen LogP contribution in [-0.4, -0.2) is 9.78 Å². The van der Waals surface area contributed by atoms with Crippen LogP contribution in [0, 0.1) is 5.21 Å². The summed E-state index contributed by atoms with van der Waals surface area (Å²) < 4.78 is 2.54. The van der Waals surface area contributed by atoms with Gasteiger partial charge in [0.05, 0.1) is 11.8 Å². The first-order chi connectivity index (χ1) is 7.20. The van der Waals surface area contributed by atoms with Crippen LogP contribution in [0.3, 0.4) is 0 Å². The predicted molar refractivity (Wildman–Crippen MR) is 60.2 cm³/mol. The molecular formula is C10H10BrN3O. The molecule has 2 aromatic heterocycles. The molecule has 2 heterocycles. The highest BCUT2D eigenvalue weighted by Crippen LogP contribution is 2.14. The van der Waals surface area contributed by atoms with Crippen LogP contribution in [0.1, 0.15) is 5.56 Å². The van der Waals surface area contributed by atoms with Gasteiger partial charge in [-0.3, -0.25) is 4.68 Å². The Morgan fingerprint density at radius 2 is 2.33 bits per heavy atom. The number of aryl methyl sites for hydroxylation is 1. The zero-order valence-corrected chi connectivity index (χ0v) is 9.81. The van der Waals surface area contributed by atoms with E-state index in [1.54, 1.807) is 23.1 Å². The second-order valence-corrected chi connectivity index (χ2v) is 3.85. The molecule has 0 aliphatic carbocycles. The van der Waals surface area contributed by atoms with E-state index in [4.69, 9.17) is 0 Å². The third kappa shape index (κ3) is 2.02. The van der Waals surface area contributed by atoms with E-state index in [2.05, 4.69) is 21.0 Å². The molecule has 0 aliphatic rings. The summed E-state index contributed by atoms with van der Waals surface area (Å²) in [4.78, 5) is 0. The summed E-state index contributed by atoms with van der Waals surface area (Å²) in [6.45, 7) is 0. The van der Waals surface area contributed by atoms with E-state index in [1.807, 2.05) is 19.3 Å². The fraction of sp³-hybridized carbons (Fsp3) is 0.200. The molecule has 0 spiro atoms. The molecule has 15 heavy (non-hydrogen) atoms. The average Bonchev–Trinajstić information content (AvgIpc) is 2.64. The quantitative estimate of drug-likeness (QED) is 0.472. The SMILES string of the molecule is Cn1cc(-c2ccc(CBr)c[n+]2[O-])cn1. The summed E-state index contributed by atoms with van der Waals surface area (Å²) in [5, 5.41) is 16.4. The molecule has 4 nitrogen and oxygen atoms in total. The Bertz CT molecular complexity index is 481. The molecule has 0 saturated heterocycles. The van der Waals surface area contributed by atoms with Crippen molar-refractivity contribution in [2.45, 2.75) is 5.33 Å². The van der Waals surface area contributed by atoms with E-state index in [-0.39, 0.29) is 0 Å². The van der Waals surface area contributed by atoms with E-state index in [1.165, 1.54) is 0 Å². The molecule has 0 bridgehead atoms. The fourth-order valence-electron chi connectivity index (χ4n) is 1.38. The third-order valence-corrected chi connectivity index (χ3v) is 2.78. The van der Waals surface area contributed by atoms with Crippen molar-refractivity contribution in [1.29, 1.82) is 0 Å². The summed E-state index contributed by atoms with van der Waals surface area (Å²) in [6.07, 6.45) is 5.06. The van der Waals surface area contributed by atoms with E-state index in [0.29, 0.717) is 11.0 Å². The Hall–Kier alpha value is -1.36. The van der Waals surface area contributed by atoms with Crippen LogP contribution in [0.25, 0.3) is 11.3 Å². The Labute approximate surface area is 95.9 Å². The summed E-state index contributed by atoms with van der Waals surface area (Å²) >= 11 is 3.31. The molecule has 5 heteroatoms. The van der Waals surface area contributed by atoms with Gasteiger partial charge in [-0.2, -0.15) is 9.83 Å². The van der Waals surface area contributed by atoms with Gasteiger partial charge in [0.25, 0.3) is 0 Å². The minimum atomic E-state index is 0.618. The van der Waals surface area contributed by atoms with Crippen molar-refractivity contribution >= 4 is 15.9 Å². The molecule has 0 aromatic carbocycles. The summed E-state index contributed by atoms with van der Waals surface area (Å²) in [6, 6.07) is 3.73. The number of rotatable bonds is 2. The van der Waals surface area contributed by atoms with Crippen LogP contribution in [0.2, 0.25) is 0 Å². The minimum absolute atomic E-state index is 0.618. The van der Waals surface area contributed by atoms with E-state index in [9.17, 15) is 5.21 Å². The van der Waals surface area contributed by atoms with Gasteiger partial charge in [-0.05, 0) is 6.07 Å². The van der Waals surface area contributed by atoms with Gasteiger partial charge in [0.15, 0.2) is 6.20 Å². The highest BCUT2D eigenvalue weighted by molar-refractivity contribution is 9.08. The number of alkyl halides is 1. The molecule has 0 saturated carbocycles. The molecular weight excluding hydrogens is 258 g/mol. The maximum atomic E-state index is 11.7. The van der Waals surface area contributed by atoms with Crippen molar-refractivity contribution in [2.75, 3.05) is 0 Å². The number of nitrogens with zero attached hydrogens (tertiary/aromatic N) is 3. The zero-order chi connectivity index (χ0) is 10.8. The van der Waals surface area contributed by atoms with Gasteiger partial charge < -0.3 is 5.21 Å². The van der Waals surface area contributed by atoms with Gasteiger partial charge in [0, 0.05) is 30.2 Å². The fourth-order valence-corrected chi connectivity index (χ4v) is 1.71. The number of halogens is 1. The lowest BCUT2D eigenvalue weighted by Crippen LogP contribution is -2.28. The van der Waals surface area contributed by atoms with Gasteiger partial charge >= 0.3 is 0 Å². The maximum Gasteiger partial charge on any atom is 0.226 e. The standard InChI is InChI=1S/C10H10BrN3O/c1-13-7-9(5-12-13)10-3-2-8(4-11)6-14(10)15/h2-3,5-7H,4H2,1H3. The maximum absolute atomic E-state index is 11.7. The molecule has 0 unspecified atom stereocenters. The predicted octanol–water partition coefficient (Wildman–Crippen LogP) is 1.62. The van der Waals surface area contributed by atoms with Crippen molar-refractivity contribution in [3.8, 4) is 11.3 Å². The summed E-state index contributed by atoms with van der Waals surface area (Å²) in [7, 11) is 1.82. The molecule has 2 rings (SSSR count). The monoisotopic (exact) mass is 267 g/mol. The Morgan fingerprint density at radius 3 is 2.87 bits per heavy atom. The van der Waals surface area contributed by atoms with Gasteiger partial charge in [-0.25, -0.2) is 0 Å². The van der Waals surface area contributed by atoms with Crippen molar-refractivity contribution in [1.82, 2.24) is 9.78 Å². The van der Waals surface area contributed by atoms with Crippen molar-refractivity contribution < 1.29 is 4.73 Å². The second kappa shape index (κ2) is 4.02. The first-order valence-electron chi connectivity index (χ1n) is 4.48. The molecule has 2 aromatic rings.